The van der Waals surface area contributed by atoms with E-state index in [-0.39, 0.29) is 24.8 Å². The average molecular weight is 466 g/mol. The summed E-state index contributed by atoms with van der Waals surface area (Å²) in [6, 6.07) is 5.19. The van der Waals surface area contributed by atoms with E-state index in [9.17, 15) is 26.4 Å². The van der Waals surface area contributed by atoms with Crippen LogP contribution in [0.5, 0.6) is 0 Å². The Bertz CT molecular complexity index is 1210. The van der Waals surface area contributed by atoms with Crippen LogP contribution >= 0.6 is 0 Å². The molecule has 1 aromatic heterocycles. The Morgan fingerprint density at radius 3 is 2.56 bits per heavy atom. The number of nitrogens with zero attached hydrogens (tertiary/aromatic N) is 3. The highest BCUT2D eigenvalue weighted by Crippen LogP contribution is 2.42. The second-order valence-corrected chi connectivity index (χ2v) is 10.7. The van der Waals surface area contributed by atoms with Crippen LogP contribution in [0.15, 0.2) is 35.5 Å². The molecule has 2 fully saturated rings. The van der Waals surface area contributed by atoms with Crippen molar-refractivity contribution >= 4 is 15.7 Å². The van der Waals surface area contributed by atoms with Crippen molar-refractivity contribution in [1.29, 1.82) is 5.26 Å². The molecule has 0 unspecified atom stereocenters. The van der Waals surface area contributed by atoms with Crippen molar-refractivity contribution < 1.29 is 26.4 Å². The number of hydrogen-bond donors (Lipinski definition) is 1. The fourth-order valence-electron chi connectivity index (χ4n) is 4.12. The van der Waals surface area contributed by atoms with E-state index in [1.165, 1.54) is 23.1 Å². The Morgan fingerprint density at radius 1 is 1.28 bits per heavy atom. The van der Waals surface area contributed by atoms with Gasteiger partial charge in [0, 0.05) is 24.7 Å². The van der Waals surface area contributed by atoms with Crippen molar-refractivity contribution in [3.05, 3.63) is 36.2 Å². The lowest BCUT2D eigenvalue weighted by Crippen LogP contribution is -2.39. The van der Waals surface area contributed by atoms with E-state index in [1.807, 2.05) is 6.07 Å². The maximum atomic E-state index is 13.8. The van der Waals surface area contributed by atoms with E-state index < -0.39 is 49.1 Å². The Balaban J connectivity index is 1.61. The molecule has 0 aliphatic heterocycles. The number of nitriles is 1. The van der Waals surface area contributed by atoms with Gasteiger partial charge in [0.25, 0.3) is 0 Å². The predicted molar refractivity (Wildman–Crippen MR) is 108 cm³/mol. The molecule has 7 nitrogen and oxygen atoms in total. The van der Waals surface area contributed by atoms with Crippen molar-refractivity contribution in [1.82, 2.24) is 15.1 Å². The number of benzene rings is 1. The largest absolute Gasteiger partial charge is 0.417 e. The Hall–Kier alpha value is -2.87. The highest BCUT2D eigenvalue weighted by atomic mass is 32.2. The van der Waals surface area contributed by atoms with Gasteiger partial charge in [0.2, 0.25) is 5.91 Å². The first-order valence-corrected chi connectivity index (χ1v) is 11.7. The summed E-state index contributed by atoms with van der Waals surface area (Å²) in [4.78, 5) is 11.7. The van der Waals surface area contributed by atoms with Gasteiger partial charge in [0.15, 0.2) is 9.84 Å². The van der Waals surface area contributed by atoms with Gasteiger partial charge in [-0.25, -0.2) is 8.42 Å². The van der Waals surface area contributed by atoms with Gasteiger partial charge < -0.3 is 5.32 Å². The number of carbonyl (C=O) groups excluding carboxylic acids is 1. The first-order valence-electron chi connectivity index (χ1n) is 10.1. The van der Waals surface area contributed by atoms with Crippen molar-refractivity contribution in [2.75, 3.05) is 0 Å². The second-order valence-electron chi connectivity index (χ2n) is 8.47. The van der Waals surface area contributed by atoms with Crippen LogP contribution in [0, 0.1) is 17.2 Å². The molecule has 1 amide bonds. The van der Waals surface area contributed by atoms with Crippen LogP contribution < -0.4 is 5.32 Å². The first kappa shape index (κ1) is 22.3. The quantitative estimate of drug-likeness (QED) is 0.729. The van der Waals surface area contributed by atoms with Gasteiger partial charge in [0.05, 0.1) is 28.0 Å². The average Bonchev–Trinajstić information content (AvgIpc) is 3.13. The minimum Gasteiger partial charge on any atom is -0.338 e. The Morgan fingerprint density at radius 2 is 2.00 bits per heavy atom. The summed E-state index contributed by atoms with van der Waals surface area (Å²) >= 11 is 0. The molecule has 32 heavy (non-hydrogen) atoms. The molecular weight excluding hydrogens is 445 g/mol. The molecule has 0 radical (unpaired) electrons. The van der Waals surface area contributed by atoms with Crippen LogP contribution in [0.3, 0.4) is 0 Å². The van der Waals surface area contributed by atoms with E-state index in [0.717, 1.165) is 12.1 Å². The van der Waals surface area contributed by atoms with E-state index >= 15 is 0 Å². The summed E-state index contributed by atoms with van der Waals surface area (Å²) in [5.74, 6) is -1.06. The zero-order valence-electron chi connectivity index (χ0n) is 17.2. The minimum absolute atomic E-state index is 0.0721. The van der Waals surface area contributed by atoms with Crippen LogP contribution in [-0.4, -0.2) is 34.9 Å². The van der Waals surface area contributed by atoms with Gasteiger partial charge in [-0.15, -0.1) is 0 Å². The van der Waals surface area contributed by atoms with Crippen molar-refractivity contribution in [2.24, 2.45) is 13.0 Å². The zero-order valence-corrected chi connectivity index (χ0v) is 18.0. The van der Waals surface area contributed by atoms with Gasteiger partial charge in [-0.2, -0.15) is 23.5 Å². The summed E-state index contributed by atoms with van der Waals surface area (Å²) < 4.78 is 69.3. The molecule has 2 saturated carbocycles. The molecule has 0 spiro atoms. The van der Waals surface area contributed by atoms with Crippen LogP contribution in [0.25, 0.3) is 11.1 Å². The van der Waals surface area contributed by atoms with E-state index in [0.29, 0.717) is 18.4 Å². The normalized spacial score (nSPS) is 22.3. The molecule has 170 valence electrons. The number of hydrogen-bond acceptors (Lipinski definition) is 5. The van der Waals surface area contributed by atoms with Gasteiger partial charge in [-0.05, 0) is 49.8 Å². The summed E-state index contributed by atoms with van der Waals surface area (Å²) in [7, 11) is -2.71. The fraction of sp³-hybridized carbons (Fsp3) is 0.476. The van der Waals surface area contributed by atoms with E-state index in [2.05, 4.69) is 10.4 Å². The molecule has 2 atom stereocenters. The molecule has 1 N–H and O–H groups in total. The summed E-state index contributed by atoms with van der Waals surface area (Å²) in [5, 5.41) is 14.6. The lowest BCUT2D eigenvalue weighted by Gasteiger charge is -2.18. The van der Waals surface area contributed by atoms with E-state index in [4.69, 9.17) is 5.26 Å². The van der Waals surface area contributed by atoms with Crippen molar-refractivity contribution in [3.63, 3.8) is 0 Å². The molecule has 2 aliphatic carbocycles. The zero-order chi connectivity index (χ0) is 23.3. The molecule has 1 heterocycles. The number of nitrogens with one attached hydrogen (secondary N) is 1. The maximum absolute atomic E-state index is 13.8. The van der Waals surface area contributed by atoms with Crippen LogP contribution in [0.2, 0.25) is 0 Å². The van der Waals surface area contributed by atoms with Gasteiger partial charge in [-0.1, -0.05) is 6.07 Å². The van der Waals surface area contributed by atoms with E-state index in [1.54, 1.807) is 7.05 Å². The summed E-state index contributed by atoms with van der Waals surface area (Å²) in [6.45, 7) is 0. The molecular formula is C21H21F3N4O3S. The number of aryl methyl sites for hydroxylation is 1. The van der Waals surface area contributed by atoms with Crippen molar-refractivity contribution in [3.8, 4) is 17.2 Å². The standard InChI is InChI=1S/C21H21F3N4O3S/c1-28-11-15(10-26-28)13-3-5-18(17(9-13)21(22,23)24)32(30,31)16-4-2-14(8-16)19(29)27-20(12-25)6-7-20/h3,5,9-11,14,16H,2,4,6-8H2,1H3,(H,27,29)/t14-,16-/m1/s1. The molecule has 0 bridgehead atoms. The third-order valence-electron chi connectivity index (χ3n) is 6.15. The number of rotatable bonds is 5. The number of amides is 1. The minimum atomic E-state index is -4.87. The molecule has 2 aromatic rings. The second kappa shape index (κ2) is 7.62. The molecule has 11 heteroatoms. The smallest absolute Gasteiger partial charge is 0.338 e. The van der Waals surface area contributed by atoms with Crippen LogP contribution in [0.4, 0.5) is 13.2 Å². The Labute approximate surface area is 183 Å². The van der Waals surface area contributed by atoms with Crippen LogP contribution in [0.1, 0.15) is 37.7 Å². The first-order chi connectivity index (χ1) is 14.9. The third-order valence-corrected chi connectivity index (χ3v) is 8.43. The number of halogens is 3. The lowest BCUT2D eigenvalue weighted by atomic mass is 10.1. The topological polar surface area (TPSA) is 105 Å². The van der Waals surface area contributed by atoms with Crippen LogP contribution in [-0.2, 0) is 27.9 Å². The number of sulfone groups is 1. The predicted octanol–water partition coefficient (Wildman–Crippen LogP) is 3.22. The maximum Gasteiger partial charge on any atom is 0.417 e. The summed E-state index contributed by atoms with van der Waals surface area (Å²) in [5.41, 5.74) is -1.46. The molecule has 2 aliphatic rings. The lowest BCUT2D eigenvalue weighted by molar-refractivity contribution is -0.139. The Kier molecular flexibility index (Phi) is 5.32. The highest BCUT2D eigenvalue weighted by molar-refractivity contribution is 7.92. The van der Waals surface area contributed by atoms with Gasteiger partial charge in [-0.3, -0.25) is 9.48 Å². The van der Waals surface area contributed by atoms with Gasteiger partial charge >= 0.3 is 6.18 Å². The number of alkyl halides is 3. The van der Waals surface area contributed by atoms with Gasteiger partial charge in [0.1, 0.15) is 5.54 Å². The van der Waals surface area contributed by atoms with Crippen molar-refractivity contribution in [2.45, 2.75) is 54.0 Å². The number of aromatic nitrogens is 2. The molecule has 0 saturated heterocycles. The summed E-state index contributed by atoms with van der Waals surface area (Å²) in [6.07, 6.45) is -0.592. The SMILES string of the molecule is Cn1cc(-c2ccc(S(=O)(=O)[C@@H]3CC[C@@H](C(=O)NC4(C#N)CC4)C3)c(C(F)(F)F)c2)cn1. The molecule has 1 aromatic carbocycles. The highest BCUT2D eigenvalue weighted by Gasteiger charge is 2.48. The number of carbonyl (C=O) groups is 1. The molecule has 4 rings (SSSR count). The fourth-order valence-corrected chi connectivity index (χ4v) is 6.15. The monoisotopic (exact) mass is 466 g/mol. The third kappa shape index (κ3) is 4.11.